The van der Waals surface area contributed by atoms with Crippen LogP contribution in [0.1, 0.15) is 36.5 Å². The van der Waals surface area contributed by atoms with E-state index in [1.54, 1.807) is 6.92 Å². The van der Waals surface area contributed by atoms with Gasteiger partial charge in [0, 0.05) is 18.7 Å². The quantitative estimate of drug-likeness (QED) is 0.329. The SMILES string of the molecule is CCNC(=NCC(C)(O)c1cc(C)oc1C)NCCc1ccccc1.I. The summed E-state index contributed by atoms with van der Waals surface area (Å²) in [4.78, 5) is 4.55. The fourth-order valence-electron chi connectivity index (χ4n) is 2.80. The molecule has 2 aromatic rings. The minimum Gasteiger partial charge on any atom is -0.466 e. The molecule has 0 radical (unpaired) electrons. The van der Waals surface area contributed by atoms with Gasteiger partial charge < -0.3 is 20.2 Å². The van der Waals surface area contributed by atoms with Crippen LogP contribution >= 0.6 is 24.0 Å². The van der Waals surface area contributed by atoms with Crippen molar-refractivity contribution in [1.82, 2.24) is 10.6 Å². The third-order valence-electron chi connectivity index (χ3n) is 4.06. The summed E-state index contributed by atoms with van der Waals surface area (Å²) in [5.74, 6) is 2.24. The van der Waals surface area contributed by atoms with Crippen molar-refractivity contribution < 1.29 is 9.52 Å². The first kappa shape index (κ1) is 22.5. The summed E-state index contributed by atoms with van der Waals surface area (Å²) in [6, 6.07) is 12.2. The Bertz CT molecular complexity index is 696. The minimum absolute atomic E-state index is 0. The maximum atomic E-state index is 10.8. The number of hydrogen-bond acceptors (Lipinski definition) is 3. The molecule has 0 amide bonds. The molecule has 2 rings (SSSR count). The van der Waals surface area contributed by atoms with Crippen LogP contribution in [-0.2, 0) is 12.0 Å². The number of aryl methyl sites for hydroxylation is 2. The van der Waals surface area contributed by atoms with Crippen LogP contribution in [-0.4, -0.2) is 30.7 Å². The van der Waals surface area contributed by atoms with Crippen molar-refractivity contribution in [2.45, 2.75) is 39.7 Å². The van der Waals surface area contributed by atoms with Crippen molar-refractivity contribution >= 4 is 29.9 Å². The highest BCUT2D eigenvalue weighted by Crippen LogP contribution is 2.27. The molecule has 0 fully saturated rings. The van der Waals surface area contributed by atoms with Gasteiger partial charge >= 0.3 is 0 Å². The second kappa shape index (κ2) is 10.6. The third-order valence-corrected chi connectivity index (χ3v) is 4.06. The van der Waals surface area contributed by atoms with Crippen LogP contribution in [0.25, 0.3) is 0 Å². The predicted molar refractivity (Wildman–Crippen MR) is 117 cm³/mol. The summed E-state index contributed by atoms with van der Waals surface area (Å²) in [6.45, 7) is 9.34. The largest absolute Gasteiger partial charge is 0.466 e. The van der Waals surface area contributed by atoms with Crippen molar-refractivity contribution in [2.24, 2.45) is 4.99 Å². The van der Waals surface area contributed by atoms with Gasteiger partial charge in [-0.3, -0.25) is 0 Å². The Kier molecular flexibility index (Phi) is 9.15. The standard InChI is InChI=1S/C20H29N3O2.HI/c1-5-21-19(22-12-11-17-9-7-6-8-10-17)23-14-20(4,24)18-13-15(2)25-16(18)3;/h6-10,13,24H,5,11-12,14H2,1-4H3,(H2,21,22,23);1H. The molecule has 1 heterocycles. The molecule has 26 heavy (non-hydrogen) atoms. The van der Waals surface area contributed by atoms with Gasteiger partial charge in [-0.15, -0.1) is 24.0 Å². The van der Waals surface area contributed by atoms with Gasteiger partial charge in [0.25, 0.3) is 0 Å². The lowest BCUT2D eigenvalue weighted by Crippen LogP contribution is -2.39. The molecule has 0 bridgehead atoms. The van der Waals surface area contributed by atoms with Gasteiger partial charge in [0.05, 0.1) is 6.54 Å². The van der Waals surface area contributed by atoms with E-state index in [-0.39, 0.29) is 30.5 Å². The molecule has 0 aliphatic rings. The number of nitrogens with zero attached hydrogens (tertiary/aromatic N) is 1. The molecule has 3 N–H and O–H groups in total. The fraction of sp³-hybridized carbons (Fsp3) is 0.450. The lowest BCUT2D eigenvalue weighted by Gasteiger charge is -2.21. The summed E-state index contributed by atoms with van der Waals surface area (Å²) in [5.41, 5.74) is 1.00. The van der Waals surface area contributed by atoms with Crippen molar-refractivity contribution in [3.63, 3.8) is 0 Å². The number of aliphatic imine (C=N–C) groups is 1. The van der Waals surface area contributed by atoms with Gasteiger partial charge in [-0.05, 0) is 45.7 Å². The molecule has 5 nitrogen and oxygen atoms in total. The number of rotatable bonds is 7. The van der Waals surface area contributed by atoms with Gasteiger partial charge in [-0.1, -0.05) is 30.3 Å². The van der Waals surface area contributed by atoms with Crippen LogP contribution in [0.5, 0.6) is 0 Å². The average molecular weight is 471 g/mol. The number of benzene rings is 1. The highest BCUT2D eigenvalue weighted by atomic mass is 127. The number of aliphatic hydroxyl groups is 1. The van der Waals surface area contributed by atoms with Crippen LogP contribution in [0.2, 0.25) is 0 Å². The van der Waals surface area contributed by atoms with Gasteiger partial charge in [-0.2, -0.15) is 0 Å². The molecule has 144 valence electrons. The molecule has 1 atom stereocenters. The van der Waals surface area contributed by atoms with Gasteiger partial charge in [0.1, 0.15) is 17.1 Å². The molecule has 1 aromatic heterocycles. The molecule has 0 aliphatic heterocycles. The second-order valence-corrected chi connectivity index (χ2v) is 6.46. The lowest BCUT2D eigenvalue weighted by atomic mass is 9.96. The molecule has 0 spiro atoms. The van der Waals surface area contributed by atoms with E-state index >= 15 is 0 Å². The number of hydrogen-bond donors (Lipinski definition) is 3. The van der Waals surface area contributed by atoms with E-state index in [0.29, 0.717) is 5.96 Å². The Labute approximate surface area is 173 Å². The van der Waals surface area contributed by atoms with E-state index < -0.39 is 5.60 Å². The number of nitrogens with one attached hydrogen (secondary N) is 2. The smallest absolute Gasteiger partial charge is 0.191 e. The van der Waals surface area contributed by atoms with Crippen LogP contribution < -0.4 is 10.6 Å². The third kappa shape index (κ3) is 6.64. The zero-order valence-electron chi connectivity index (χ0n) is 16.0. The van der Waals surface area contributed by atoms with Crippen LogP contribution in [0.4, 0.5) is 0 Å². The highest BCUT2D eigenvalue weighted by Gasteiger charge is 2.27. The Morgan fingerprint density at radius 2 is 1.88 bits per heavy atom. The first-order valence-electron chi connectivity index (χ1n) is 8.78. The van der Waals surface area contributed by atoms with Crippen molar-refractivity contribution in [3.8, 4) is 0 Å². The summed E-state index contributed by atoms with van der Waals surface area (Å²) in [7, 11) is 0. The van der Waals surface area contributed by atoms with Crippen LogP contribution in [0.3, 0.4) is 0 Å². The maximum Gasteiger partial charge on any atom is 0.191 e. The highest BCUT2D eigenvalue weighted by molar-refractivity contribution is 14.0. The summed E-state index contributed by atoms with van der Waals surface area (Å²) < 4.78 is 5.53. The van der Waals surface area contributed by atoms with Crippen LogP contribution in [0, 0.1) is 13.8 Å². The van der Waals surface area contributed by atoms with Crippen molar-refractivity contribution in [1.29, 1.82) is 0 Å². The zero-order chi connectivity index (χ0) is 18.3. The van der Waals surface area contributed by atoms with Gasteiger partial charge in [0.15, 0.2) is 5.96 Å². The topological polar surface area (TPSA) is 69.8 Å². The second-order valence-electron chi connectivity index (χ2n) is 6.46. The molecule has 0 aliphatic carbocycles. The molecule has 0 saturated heterocycles. The minimum atomic E-state index is -1.07. The van der Waals surface area contributed by atoms with Gasteiger partial charge in [0.2, 0.25) is 0 Å². The number of guanidine groups is 1. The summed E-state index contributed by atoms with van der Waals surface area (Å²) >= 11 is 0. The lowest BCUT2D eigenvalue weighted by molar-refractivity contribution is 0.0657. The summed E-state index contributed by atoms with van der Waals surface area (Å²) in [5, 5.41) is 17.3. The van der Waals surface area contributed by atoms with Crippen molar-refractivity contribution in [2.75, 3.05) is 19.6 Å². The molecule has 6 heteroatoms. The van der Waals surface area contributed by atoms with Crippen molar-refractivity contribution in [3.05, 3.63) is 59.0 Å². The molecule has 0 saturated carbocycles. The van der Waals surface area contributed by atoms with E-state index in [9.17, 15) is 5.11 Å². The fourth-order valence-corrected chi connectivity index (χ4v) is 2.80. The molecule has 1 unspecified atom stereocenters. The zero-order valence-corrected chi connectivity index (χ0v) is 18.3. The molecular weight excluding hydrogens is 441 g/mol. The van der Waals surface area contributed by atoms with E-state index in [1.807, 2.05) is 45.0 Å². The Morgan fingerprint density at radius 3 is 2.46 bits per heavy atom. The van der Waals surface area contributed by atoms with E-state index in [4.69, 9.17) is 4.42 Å². The van der Waals surface area contributed by atoms with E-state index in [2.05, 4.69) is 27.8 Å². The number of halogens is 1. The van der Waals surface area contributed by atoms with Gasteiger partial charge in [-0.25, -0.2) is 4.99 Å². The number of furan rings is 1. The summed E-state index contributed by atoms with van der Waals surface area (Å²) in [6.07, 6.45) is 0.918. The van der Waals surface area contributed by atoms with E-state index in [1.165, 1.54) is 5.56 Å². The monoisotopic (exact) mass is 471 g/mol. The first-order chi connectivity index (χ1) is 11.9. The molecular formula is C20H30IN3O2. The molecule has 1 aromatic carbocycles. The van der Waals surface area contributed by atoms with Crippen LogP contribution in [0.15, 0.2) is 45.8 Å². The Balaban J connectivity index is 0.00000338. The first-order valence-corrected chi connectivity index (χ1v) is 8.78. The normalized spacial score (nSPS) is 13.7. The van der Waals surface area contributed by atoms with E-state index in [0.717, 1.165) is 36.6 Å². The average Bonchev–Trinajstić information content (AvgIpc) is 2.93. The Hall–Kier alpha value is -1.54. The Morgan fingerprint density at radius 1 is 1.19 bits per heavy atom. The predicted octanol–water partition coefficient (Wildman–Crippen LogP) is 3.52. The maximum absolute atomic E-state index is 10.8.